The lowest BCUT2D eigenvalue weighted by molar-refractivity contribution is 0.185. The average molecular weight is 345 g/mol. The van der Waals surface area contributed by atoms with Crippen molar-refractivity contribution in [3.63, 3.8) is 0 Å². The first kappa shape index (κ1) is 16.8. The lowest BCUT2D eigenvalue weighted by Crippen LogP contribution is -2.34. The van der Waals surface area contributed by atoms with Gasteiger partial charge in [-0.3, -0.25) is 0 Å². The van der Waals surface area contributed by atoms with Crippen molar-refractivity contribution in [1.29, 1.82) is 0 Å². The number of benzene rings is 2. The minimum absolute atomic E-state index is 0.0216. The molecule has 2 amide bonds. The average Bonchev–Trinajstić information content (AvgIpc) is 3.07. The first-order chi connectivity index (χ1) is 11.7. The van der Waals surface area contributed by atoms with E-state index in [1.165, 1.54) is 0 Å². The number of urea groups is 1. The Labute approximate surface area is 147 Å². The van der Waals surface area contributed by atoms with Gasteiger partial charge in [-0.1, -0.05) is 48.0 Å². The Morgan fingerprint density at radius 3 is 2.79 bits per heavy atom. The smallest absolute Gasteiger partial charge is 0.322 e. The Hall–Kier alpha value is -2.04. The summed E-state index contributed by atoms with van der Waals surface area (Å²) in [5, 5.41) is 3.73. The maximum atomic E-state index is 12.8. The van der Waals surface area contributed by atoms with Gasteiger partial charge >= 0.3 is 6.03 Å². The van der Waals surface area contributed by atoms with Gasteiger partial charge in [-0.25, -0.2) is 4.79 Å². The van der Waals surface area contributed by atoms with Crippen molar-refractivity contribution in [3.8, 4) is 0 Å². The number of halogens is 1. The molecule has 3 rings (SSSR count). The van der Waals surface area contributed by atoms with Crippen LogP contribution in [-0.2, 0) is 11.3 Å². The molecule has 0 radical (unpaired) electrons. The van der Waals surface area contributed by atoms with E-state index in [1.807, 2.05) is 53.4 Å². The normalized spacial score (nSPS) is 17.1. The fourth-order valence-corrected chi connectivity index (χ4v) is 3.45. The summed E-state index contributed by atoms with van der Waals surface area (Å²) < 4.78 is 5.20. The van der Waals surface area contributed by atoms with E-state index in [-0.39, 0.29) is 12.1 Å². The van der Waals surface area contributed by atoms with E-state index < -0.39 is 0 Å². The third kappa shape index (κ3) is 3.55. The number of amides is 2. The standard InChI is InChI=1S/C19H21ClN2O2/c1-24-13-14-7-2-5-10-17(14)21-19(23)22-12-6-11-18(22)15-8-3-4-9-16(15)20/h2-5,7-10,18H,6,11-13H2,1H3,(H,21,23)/t18-/m1/s1. The van der Waals surface area contributed by atoms with E-state index >= 15 is 0 Å². The predicted octanol–water partition coefficient (Wildman–Crippen LogP) is 4.86. The fourth-order valence-electron chi connectivity index (χ4n) is 3.19. The van der Waals surface area contributed by atoms with Crippen LogP contribution < -0.4 is 5.32 Å². The molecular weight excluding hydrogens is 324 g/mol. The Morgan fingerprint density at radius 1 is 1.25 bits per heavy atom. The number of nitrogens with one attached hydrogen (secondary N) is 1. The highest BCUT2D eigenvalue weighted by Crippen LogP contribution is 2.36. The zero-order chi connectivity index (χ0) is 16.9. The molecule has 0 bridgehead atoms. The second kappa shape index (κ2) is 7.69. The summed E-state index contributed by atoms with van der Waals surface area (Å²) in [5.41, 5.74) is 2.76. The SMILES string of the molecule is COCc1ccccc1NC(=O)N1CCC[C@@H]1c1ccccc1Cl. The molecule has 1 aliphatic rings. The number of carbonyl (C=O) groups is 1. The van der Waals surface area contributed by atoms with Gasteiger partial charge in [0.25, 0.3) is 0 Å². The number of ether oxygens (including phenoxy) is 1. The van der Waals surface area contributed by atoms with Gasteiger partial charge in [0.2, 0.25) is 0 Å². The van der Waals surface area contributed by atoms with E-state index in [2.05, 4.69) is 5.32 Å². The van der Waals surface area contributed by atoms with E-state index in [1.54, 1.807) is 7.11 Å². The number of methoxy groups -OCH3 is 1. The second-order valence-corrected chi connectivity index (χ2v) is 6.30. The highest BCUT2D eigenvalue weighted by molar-refractivity contribution is 6.31. The first-order valence-electron chi connectivity index (χ1n) is 8.09. The third-order valence-corrected chi connectivity index (χ3v) is 4.68. The van der Waals surface area contributed by atoms with Crippen molar-refractivity contribution in [2.75, 3.05) is 19.0 Å². The molecule has 126 valence electrons. The van der Waals surface area contributed by atoms with E-state index in [0.717, 1.165) is 36.2 Å². The number of nitrogens with zero attached hydrogens (tertiary/aromatic N) is 1. The maximum Gasteiger partial charge on any atom is 0.322 e. The zero-order valence-corrected chi connectivity index (χ0v) is 14.4. The Kier molecular flexibility index (Phi) is 5.38. The lowest BCUT2D eigenvalue weighted by atomic mass is 10.0. The van der Waals surface area contributed by atoms with Crippen molar-refractivity contribution < 1.29 is 9.53 Å². The second-order valence-electron chi connectivity index (χ2n) is 5.89. The summed E-state index contributed by atoms with van der Waals surface area (Å²) in [6.07, 6.45) is 1.90. The van der Waals surface area contributed by atoms with Gasteiger partial charge in [-0.15, -0.1) is 0 Å². The molecule has 1 saturated heterocycles. The fraction of sp³-hybridized carbons (Fsp3) is 0.316. The molecule has 24 heavy (non-hydrogen) atoms. The van der Waals surface area contributed by atoms with Crippen LogP contribution in [0.4, 0.5) is 10.5 Å². The van der Waals surface area contributed by atoms with Crippen LogP contribution in [0, 0.1) is 0 Å². The van der Waals surface area contributed by atoms with Gasteiger partial charge in [0, 0.05) is 29.9 Å². The number of carbonyl (C=O) groups excluding carboxylic acids is 1. The molecular formula is C19H21ClN2O2. The van der Waals surface area contributed by atoms with Crippen LogP contribution in [0.2, 0.25) is 5.02 Å². The summed E-state index contributed by atoms with van der Waals surface area (Å²) >= 11 is 6.33. The van der Waals surface area contributed by atoms with Crippen molar-refractivity contribution in [1.82, 2.24) is 4.90 Å². The van der Waals surface area contributed by atoms with Crippen LogP contribution in [-0.4, -0.2) is 24.6 Å². The van der Waals surface area contributed by atoms with Crippen molar-refractivity contribution in [2.45, 2.75) is 25.5 Å². The zero-order valence-electron chi connectivity index (χ0n) is 13.7. The summed E-state index contributed by atoms with van der Waals surface area (Å²) in [6, 6.07) is 15.4. The Bertz CT molecular complexity index is 720. The van der Waals surface area contributed by atoms with E-state index in [4.69, 9.17) is 16.3 Å². The molecule has 1 N–H and O–H groups in total. The summed E-state index contributed by atoms with van der Waals surface area (Å²) in [5.74, 6) is 0. The number of anilines is 1. The van der Waals surface area contributed by atoms with Crippen LogP contribution in [0.15, 0.2) is 48.5 Å². The van der Waals surface area contributed by atoms with Crippen LogP contribution in [0.5, 0.6) is 0 Å². The van der Waals surface area contributed by atoms with Crippen LogP contribution in [0.3, 0.4) is 0 Å². The monoisotopic (exact) mass is 344 g/mol. The van der Waals surface area contributed by atoms with Gasteiger partial charge in [0.1, 0.15) is 0 Å². The topological polar surface area (TPSA) is 41.6 Å². The quantitative estimate of drug-likeness (QED) is 0.860. The van der Waals surface area contributed by atoms with Crippen molar-refractivity contribution in [3.05, 3.63) is 64.7 Å². The third-order valence-electron chi connectivity index (χ3n) is 4.34. The maximum absolute atomic E-state index is 12.8. The molecule has 0 spiro atoms. The molecule has 1 atom stereocenters. The van der Waals surface area contributed by atoms with Crippen molar-refractivity contribution >= 4 is 23.3 Å². The molecule has 0 aromatic heterocycles. The first-order valence-corrected chi connectivity index (χ1v) is 8.47. The number of rotatable bonds is 4. The minimum atomic E-state index is -0.0963. The Morgan fingerprint density at radius 2 is 2.00 bits per heavy atom. The minimum Gasteiger partial charge on any atom is -0.380 e. The molecule has 2 aromatic carbocycles. The van der Waals surface area contributed by atoms with Gasteiger partial charge in [0.05, 0.1) is 12.6 Å². The van der Waals surface area contributed by atoms with Crippen LogP contribution >= 0.6 is 11.6 Å². The van der Waals surface area contributed by atoms with Crippen LogP contribution in [0.1, 0.15) is 30.0 Å². The highest BCUT2D eigenvalue weighted by Gasteiger charge is 2.31. The summed E-state index contributed by atoms with van der Waals surface area (Å²) in [6.45, 7) is 1.19. The van der Waals surface area contributed by atoms with Crippen molar-refractivity contribution in [2.24, 2.45) is 0 Å². The van der Waals surface area contributed by atoms with E-state index in [0.29, 0.717) is 11.6 Å². The molecule has 4 nitrogen and oxygen atoms in total. The number of hydrogen-bond donors (Lipinski definition) is 1. The molecule has 0 aliphatic carbocycles. The number of likely N-dealkylation sites (tertiary alicyclic amines) is 1. The Balaban J connectivity index is 1.78. The molecule has 5 heteroatoms. The summed E-state index contributed by atoms with van der Waals surface area (Å²) in [4.78, 5) is 14.7. The largest absolute Gasteiger partial charge is 0.380 e. The predicted molar refractivity (Wildman–Crippen MR) is 96.3 cm³/mol. The van der Waals surface area contributed by atoms with Gasteiger partial charge in [-0.2, -0.15) is 0 Å². The summed E-state index contributed by atoms with van der Waals surface area (Å²) in [7, 11) is 1.65. The number of hydrogen-bond acceptors (Lipinski definition) is 2. The molecule has 1 aliphatic heterocycles. The molecule has 1 fully saturated rings. The van der Waals surface area contributed by atoms with Crippen LogP contribution in [0.25, 0.3) is 0 Å². The lowest BCUT2D eigenvalue weighted by Gasteiger charge is -2.26. The van der Waals surface area contributed by atoms with Gasteiger partial charge < -0.3 is 15.0 Å². The highest BCUT2D eigenvalue weighted by atomic mass is 35.5. The molecule has 0 unspecified atom stereocenters. The molecule has 0 saturated carbocycles. The van der Waals surface area contributed by atoms with Gasteiger partial charge in [-0.05, 0) is 30.5 Å². The molecule has 2 aromatic rings. The number of para-hydroxylation sites is 1. The van der Waals surface area contributed by atoms with Gasteiger partial charge in [0.15, 0.2) is 0 Å². The van der Waals surface area contributed by atoms with E-state index in [9.17, 15) is 4.79 Å². The molecule has 1 heterocycles.